The summed E-state index contributed by atoms with van der Waals surface area (Å²) in [6.45, 7) is 3.86. The van der Waals surface area contributed by atoms with E-state index in [0.717, 1.165) is 11.3 Å². The van der Waals surface area contributed by atoms with Gasteiger partial charge in [0, 0.05) is 5.69 Å². The van der Waals surface area contributed by atoms with Crippen molar-refractivity contribution >= 4 is 24.2 Å². The monoisotopic (exact) mass is 425 g/mol. The number of carbonyl (C=O) groups excluding carboxylic acids is 1. The molecule has 0 saturated heterocycles. The Labute approximate surface area is 181 Å². The van der Waals surface area contributed by atoms with Gasteiger partial charge in [-0.1, -0.05) is 6.07 Å². The van der Waals surface area contributed by atoms with Gasteiger partial charge in [0.25, 0.3) is 5.91 Å². The lowest BCUT2D eigenvalue weighted by Gasteiger charge is -2.38. The Kier molecular flexibility index (Phi) is 6.43. The van der Waals surface area contributed by atoms with Crippen molar-refractivity contribution in [2.45, 2.75) is 26.1 Å². The zero-order chi connectivity index (χ0) is 21.8. The van der Waals surface area contributed by atoms with E-state index in [1.807, 2.05) is 38.1 Å². The number of amides is 1. The predicted octanol–water partition coefficient (Wildman–Crippen LogP) is 3.79. The van der Waals surface area contributed by atoms with Gasteiger partial charge in [-0.25, -0.2) is 0 Å². The first-order valence-electron chi connectivity index (χ1n) is 9.31. The lowest BCUT2D eigenvalue weighted by atomic mass is 10.1. The molecule has 0 aliphatic carbocycles. The number of rotatable bonds is 6. The zero-order valence-corrected chi connectivity index (χ0v) is 18.1. The summed E-state index contributed by atoms with van der Waals surface area (Å²) >= 11 is 4.51. The molecular weight excluding hydrogens is 402 g/mol. The van der Waals surface area contributed by atoms with Gasteiger partial charge in [-0.15, -0.1) is 12.6 Å². The van der Waals surface area contributed by atoms with Crippen LogP contribution in [-0.2, 0) is 4.79 Å². The van der Waals surface area contributed by atoms with Gasteiger partial charge in [-0.3, -0.25) is 4.79 Å². The molecule has 3 rings (SSSR count). The van der Waals surface area contributed by atoms with Crippen molar-refractivity contribution in [3.8, 4) is 23.3 Å². The van der Waals surface area contributed by atoms with Crippen LogP contribution in [-0.4, -0.2) is 26.2 Å². The number of ether oxygens (including phenoxy) is 3. The maximum absolute atomic E-state index is 12.5. The summed E-state index contributed by atoms with van der Waals surface area (Å²) in [6, 6.07) is 14.7. The summed E-state index contributed by atoms with van der Waals surface area (Å²) in [5, 5.41) is 12.6. The Morgan fingerprint density at radius 2 is 1.80 bits per heavy atom. The molecule has 1 heterocycles. The second-order valence-electron chi connectivity index (χ2n) is 6.83. The summed E-state index contributed by atoms with van der Waals surface area (Å²) in [5.41, 5.74) is 1.42. The van der Waals surface area contributed by atoms with Gasteiger partial charge < -0.3 is 24.4 Å². The Morgan fingerprint density at radius 3 is 2.37 bits per heavy atom. The maximum Gasteiger partial charge on any atom is 0.266 e. The largest absolute Gasteiger partial charge is 0.497 e. The highest BCUT2D eigenvalue weighted by molar-refractivity contribution is 7.84. The Bertz CT molecular complexity index is 1010. The third kappa shape index (κ3) is 4.16. The second kappa shape index (κ2) is 9.01. The third-order valence-electron chi connectivity index (χ3n) is 4.53. The number of thiol groups is 1. The van der Waals surface area contributed by atoms with E-state index in [9.17, 15) is 10.1 Å². The van der Waals surface area contributed by atoms with E-state index in [1.54, 1.807) is 43.4 Å². The van der Waals surface area contributed by atoms with Crippen molar-refractivity contribution in [1.29, 1.82) is 5.26 Å². The van der Waals surface area contributed by atoms with Crippen LogP contribution in [0.25, 0.3) is 0 Å². The number of carbonyl (C=O) groups is 1. The van der Waals surface area contributed by atoms with Crippen LogP contribution in [0.15, 0.2) is 53.1 Å². The Hall–Kier alpha value is -3.31. The van der Waals surface area contributed by atoms with Crippen molar-refractivity contribution in [2.24, 2.45) is 0 Å². The standard InChI is InChI=1S/C22H23N3O4S/c1-13(2)29-18-10-5-14(11-19(18)28-4)20-24-21(26)17(12-23)22(30)25(20)15-6-8-16(27-3)9-7-15/h5-11,13,20,30H,1-4H3,(H,24,26)/t20-/m1/s1. The number of hydrogen-bond acceptors (Lipinski definition) is 7. The van der Waals surface area contributed by atoms with Gasteiger partial charge in [0.2, 0.25) is 0 Å². The predicted molar refractivity (Wildman–Crippen MR) is 117 cm³/mol. The molecule has 7 nitrogen and oxygen atoms in total. The van der Waals surface area contributed by atoms with Crippen molar-refractivity contribution in [1.82, 2.24) is 5.32 Å². The Balaban J connectivity index is 2.10. The van der Waals surface area contributed by atoms with Gasteiger partial charge >= 0.3 is 0 Å². The molecule has 1 N–H and O–H groups in total. The first-order valence-corrected chi connectivity index (χ1v) is 9.76. The van der Waals surface area contributed by atoms with Crippen molar-refractivity contribution in [2.75, 3.05) is 19.1 Å². The molecule has 0 radical (unpaired) electrons. The highest BCUT2D eigenvalue weighted by Crippen LogP contribution is 2.39. The SMILES string of the molecule is COc1ccc(N2C(S)=C(C#N)C(=O)N[C@H]2c2ccc(OC(C)C)c(OC)c2)cc1. The van der Waals surface area contributed by atoms with E-state index in [4.69, 9.17) is 14.2 Å². The summed E-state index contributed by atoms with van der Waals surface area (Å²) in [7, 11) is 3.15. The van der Waals surface area contributed by atoms with Crippen LogP contribution in [0, 0.1) is 11.3 Å². The fraction of sp³-hybridized carbons (Fsp3) is 0.273. The van der Waals surface area contributed by atoms with E-state index in [2.05, 4.69) is 17.9 Å². The molecule has 1 amide bonds. The minimum absolute atomic E-state index is 0.0138. The van der Waals surface area contributed by atoms with Crippen molar-refractivity contribution in [3.05, 3.63) is 58.6 Å². The quantitative estimate of drug-likeness (QED) is 0.685. The zero-order valence-electron chi connectivity index (χ0n) is 17.2. The number of benzene rings is 2. The molecule has 156 valence electrons. The molecule has 0 aromatic heterocycles. The first kappa shape index (κ1) is 21.4. The summed E-state index contributed by atoms with van der Waals surface area (Å²) in [4.78, 5) is 14.3. The number of nitrogens with zero attached hydrogens (tertiary/aromatic N) is 2. The summed E-state index contributed by atoms with van der Waals surface area (Å²) in [5.74, 6) is 1.35. The fourth-order valence-electron chi connectivity index (χ4n) is 3.16. The van der Waals surface area contributed by atoms with Crippen LogP contribution in [0.1, 0.15) is 25.6 Å². The minimum atomic E-state index is -0.600. The number of anilines is 1. The van der Waals surface area contributed by atoms with Gasteiger partial charge in [0.05, 0.1) is 25.4 Å². The molecule has 0 saturated carbocycles. The van der Waals surface area contributed by atoms with E-state index < -0.39 is 12.1 Å². The highest BCUT2D eigenvalue weighted by atomic mass is 32.1. The second-order valence-corrected chi connectivity index (χ2v) is 7.25. The van der Waals surface area contributed by atoms with Crippen molar-refractivity contribution < 1.29 is 19.0 Å². The molecule has 0 unspecified atom stereocenters. The van der Waals surface area contributed by atoms with E-state index >= 15 is 0 Å². The van der Waals surface area contributed by atoms with Crippen LogP contribution < -0.4 is 24.4 Å². The average molecular weight is 426 g/mol. The summed E-state index contributed by atoms with van der Waals surface area (Å²) < 4.78 is 16.5. The molecule has 30 heavy (non-hydrogen) atoms. The topological polar surface area (TPSA) is 83.8 Å². The number of nitriles is 1. The average Bonchev–Trinajstić information content (AvgIpc) is 2.73. The molecule has 1 aliphatic heterocycles. The van der Waals surface area contributed by atoms with E-state index in [1.165, 1.54) is 0 Å². The molecule has 0 fully saturated rings. The van der Waals surface area contributed by atoms with Crippen LogP contribution in [0.5, 0.6) is 17.2 Å². The van der Waals surface area contributed by atoms with Gasteiger partial charge in [-0.05, 0) is 55.8 Å². The highest BCUT2D eigenvalue weighted by Gasteiger charge is 2.34. The smallest absolute Gasteiger partial charge is 0.266 e. The number of nitrogens with one attached hydrogen (secondary N) is 1. The Morgan fingerprint density at radius 1 is 1.10 bits per heavy atom. The lowest BCUT2D eigenvalue weighted by molar-refractivity contribution is -0.118. The van der Waals surface area contributed by atoms with Crippen molar-refractivity contribution in [3.63, 3.8) is 0 Å². The first-order chi connectivity index (χ1) is 14.4. The molecular formula is C22H23N3O4S. The number of hydrogen-bond donors (Lipinski definition) is 2. The third-order valence-corrected chi connectivity index (χ3v) is 4.97. The van der Waals surface area contributed by atoms with E-state index in [0.29, 0.717) is 17.2 Å². The number of methoxy groups -OCH3 is 2. The molecule has 0 spiro atoms. The summed E-state index contributed by atoms with van der Waals surface area (Å²) in [6.07, 6.45) is -0.613. The van der Waals surface area contributed by atoms with Crippen LogP contribution in [0.2, 0.25) is 0 Å². The van der Waals surface area contributed by atoms with Gasteiger partial charge in [-0.2, -0.15) is 5.26 Å². The molecule has 1 aliphatic rings. The molecule has 2 aromatic carbocycles. The van der Waals surface area contributed by atoms with E-state index in [-0.39, 0.29) is 16.7 Å². The van der Waals surface area contributed by atoms with Gasteiger partial charge in [0.15, 0.2) is 11.5 Å². The van der Waals surface area contributed by atoms with Crippen LogP contribution >= 0.6 is 12.6 Å². The molecule has 1 atom stereocenters. The normalized spacial score (nSPS) is 16.2. The molecule has 2 aromatic rings. The van der Waals surface area contributed by atoms with Crippen LogP contribution in [0.4, 0.5) is 5.69 Å². The maximum atomic E-state index is 12.5. The van der Waals surface area contributed by atoms with Gasteiger partial charge in [0.1, 0.15) is 23.6 Å². The van der Waals surface area contributed by atoms with Crippen LogP contribution in [0.3, 0.4) is 0 Å². The molecule has 8 heteroatoms. The fourth-order valence-corrected chi connectivity index (χ4v) is 3.54. The lowest BCUT2D eigenvalue weighted by Crippen LogP contribution is -2.46. The molecule has 0 bridgehead atoms. The minimum Gasteiger partial charge on any atom is -0.497 e.